The van der Waals surface area contributed by atoms with E-state index in [2.05, 4.69) is 0 Å². The standard InChI is InChI=1S/C7H15NO2.ClH/c1-3-5(2)6(8)4-7(9)10;/h5-6H,3-4,8H2,1-2H3,(H,9,10);1H/t5-,6-;/m1./s1. The van der Waals surface area contributed by atoms with Gasteiger partial charge in [-0.3, -0.25) is 4.79 Å². The Morgan fingerprint density at radius 2 is 2.09 bits per heavy atom. The van der Waals surface area contributed by atoms with E-state index in [-0.39, 0.29) is 24.9 Å². The number of carbonyl (C=O) groups is 1. The smallest absolute Gasteiger partial charge is 0.304 e. The first kappa shape index (κ1) is 13.3. The van der Waals surface area contributed by atoms with Gasteiger partial charge in [0.15, 0.2) is 0 Å². The summed E-state index contributed by atoms with van der Waals surface area (Å²) in [4.78, 5) is 10.2. The predicted molar refractivity (Wildman–Crippen MR) is 46.9 cm³/mol. The van der Waals surface area contributed by atoms with Crippen LogP contribution in [-0.2, 0) is 4.79 Å². The third-order valence-electron chi connectivity index (χ3n) is 1.79. The van der Waals surface area contributed by atoms with E-state index in [4.69, 9.17) is 10.8 Å². The first-order chi connectivity index (χ1) is 4.57. The van der Waals surface area contributed by atoms with E-state index in [1.807, 2.05) is 13.8 Å². The lowest BCUT2D eigenvalue weighted by Gasteiger charge is -2.15. The van der Waals surface area contributed by atoms with Crippen molar-refractivity contribution in [2.75, 3.05) is 0 Å². The fourth-order valence-electron chi connectivity index (χ4n) is 0.706. The van der Waals surface area contributed by atoms with Crippen LogP contribution in [0.3, 0.4) is 0 Å². The number of nitrogens with two attached hydrogens (primary N) is 1. The van der Waals surface area contributed by atoms with Gasteiger partial charge in [0, 0.05) is 6.04 Å². The van der Waals surface area contributed by atoms with Gasteiger partial charge < -0.3 is 10.8 Å². The van der Waals surface area contributed by atoms with Gasteiger partial charge >= 0.3 is 5.97 Å². The SMILES string of the molecule is CC[C@@H](C)[C@H](N)CC(=O)O.Cl. The van der Waals surface area contributed by atoms with Crippen LogP contribution in [0.15, 0.2) is 0 Å². The van der Waals surface area contributed by atoms with Crippen molar-refractivity contribution in [1.82, 2.24) is 0 Å². The Bertz CT molecular complexity index is 119. The zero-order chi connectivity index (χ0) is 8.15. The summed E-state index contributed by atoms with van der Waals surface area (Å²) in [6.45, 7) is 3.97. The maximum absolute atomic E-state index is 10.2. The molecule has 0 spiro atoms. The molecule has 0 amide bonds. The van der Waals surface area contributed by atoms with Crippen LogP contribution in [0.5, 0.6) is 0 Å². The van der Waals surface area contributed by atoms with E-state index in [1.165, 1.54) is 0 Å². The minimum atomic E-state index is -0.812. The topological polar surface area (TPSA) is 63.3 Å². The number of hydrogen-bond donors (Lipinski definition) is 2. The van der Waals surface area contributed by atoms with Gasteiger partial charge in [-0.05, 0) is 5.92 Å². The molecular formula is C7H16ClNO2. The second kappa shape index (κ2) is 6.43. The van der Waals surface area contributed by atoms with Crippen molar-refractivity contribution in [3.05, 3.63) is 0 Å². The van der Waals surface area contributed by atoms with Crippen LogP contribution in [0.4, 0.5) is 0 Å². The minimum absolute atomic E-state index is 0. The molecule has 11 heavy (non-hydrogen) atoms. The molecule has 0 unspecified atom stereocenters. The van der Waals surface area contributed by atoms with Crippen molar-refractivity contribution in [3.63, 3.8) is 0 Å². The van der Waals surface area contributed by atoms with Crippen LogP contribution in [0.1, 0.15) is 26.7 Å². The summed E-state index contributed by atoms with van der Waals surface area (Å²) in [6, 6.07) is -0.192. The summed E-state index contributed by atoms with van der Waals surface area (Å²) in [7, 11) is 0. The third kappa shape index (κ3) is 6.13. The first-order valence-electron chi connectivity index (χ1n) is 3.55. The summed E-state index contributed by atoms with van der Waals surface area (Å²) < 4.78 is 0. The lowest BCUT2D eigenvalue weighted by atomic mass is 9.98. The van der Waals surface area contributed by atoms with E-state index in [0.717, 1.165) is 6.42 Å². The highest BCUT2D eigenvalue weighted by molar-refractivity contribution is 5.85. The van der Waals surface area contributed by atoms with E-state index in [9.17, 15) is 4.79 Å². The lowest BCUT2D eigenvalue weighted by molar-refractivity contribution is -0.137. The minimum Gasteiger partial charge on any atom is -0.481 e. The quantitative estimate of drug-likeness (QED) is 0.687. The zero-order valence-electron chi connectivity index (χ0n) is 6.91. The molecule has 0 aliphatic rings. The molecule has 3 nitrogen and oxygen atoms in total. The van der Waals surface area contributed by atoms with Gasteiger partial charge in [-0.2, -0.15) is 0 Å². The maximum Gasteiger partial charge on any atom is 0.304 e. The molecule has 0 saturated heterocycles. The Balaban J connectivity index is 0. The van der Waals surface area contributed by atoms with Gasteiger partial charge in [0.2, 0.25) is 0 Å². The monoisotopic (exact) mass is 181 g/mol. The fourth-order valence-corrected chi connectivity index (χ4v) is 0.706. The average molecular weight is 182 g/mol. The van der Waals surface area contributed by atoms with Crippen LogP contribution in [0, 0.1) is 5.92 Å². The molecule has 0 aromatic heterocycles. The number of carboxylic acid groups (broad SMARTS) is 1. The second-order valence-electron chi connectivity index (χ2n) is 2.65. The molecule has 0 aromatic rings. The van der Waals surface area contributed by atoms with Crippen LogP contribution in [-0.4, -0.2) is 17.1 Å². The van der Waals surface area contributed by atoms with Crippen LogP contribution < -0.4 is 5.73 Å². The number of halogens is 1. The van der Waals surface area contributed by atoms with Crippen molar-refractivity contribution < 1.29 is 9.90 Å². The average Bonchev–Trinajstić information content (AvgIpc) is 1.85. The van der Waals surface area contributed by atoms with Gasteiger partial charge in [0.1, 0.15) is 0 Å². The fraction of sp³-hybridized carbons (Fsp3) is 0.857. The summed E-state index contributed by atoms with van der Waals surface area (Å²) >= 11 is 0. The number of carboxylic acids is 1. The molecule has 0 saturated carbocycles. The highest BCUT2D eigenvalue weighted by Gasteiger charge is 2.13. The van der Waals surface area contributed by atoms with E-state index >= 15 is 0 Å². The Labute approximate surface area is 73.4 Å². The van der Waals surface area contributed by atoms with E-state index in [1.54, 1.807) is 0 Å². The normalized spacial score (nSPS) is 14.8. The molecule has 0 heterocycles. The largest absolute Gasteiger partial charge is 0.481 e. The van der Waals surface area contributed by atoms with Gasteiger partial charge in [-0.25, -0.2) is 0 Å². The van der Waals surface area contributed by atoms with Crippen molar-refractivity contribution >= 4 is 18.4 Å². The van der Waals surface area contributed by atoms with Crippen LogP contribution in [0.25, 0.3) is 0 Å². The number of aliphatic carboxylic acids is 1. The van der Waals surface area contributed by atoms with Crippen molar-refractivity contribution in [2.45, 2.75) is 32.7 Å². The summed E-state index contributed by atoms with van der Waals surface area (Å²) in [5.74, 6) is -0.510. The first-order valence-corrected chi connectivity index (χ1v) is 3.55. The molecule has 0 rings (SSSR count). The van der Waals surface area contributed by atoms with Crippen LogP contribution >= 0.6 is 12.4 Å². The molecule has 0 aromatic carbocycles. The lowest BCUT2D eigenvalue weighted by Crippen LogP contribution is -2.30. The summed E-state index contributed by atoms with van der Waals surface area (Å²) in [5, 5.41) is 8.35. The Morgan fingerprint density at radius 3 is 2.36 bits per heavy atom. The molecule has 4 heteroatoms. The van der Waals surface area contributed by atoms with Gasteiger partial charge in [-0.1, -0.05) is 20.3 Å². The Hall–Kier alpha value is -0.280. The van der Waals surface area contributed by atoms with Gasteiger partial charge in [-0.15, -0.1) is 12.4 Å². The summed E-state index contributed by atoms with van der Waals surface area (Å²) in [5.41, 5.74) is 5.55. The third-order valence-corrected chi connectivity index (χ3v) is 1.79. The molecule has 0 radical (unpaired) electrons. The number of hydrogen-bond acceptors (Lipinski definition) is 2. The maximum atomic E-state index is 10.2. The highest BCUT2D eigenvalue weighted by Crippen LogP contribution is 2.07. The van der Waals surface area contributed by atoms with E-state index < -0.39 is 5.97 Å². The van der Waals surface area contributed by atoms with Crippen molar-refractivity contribution in [1.29, 1.82) is 0 Å². The molecule has 3 N–H and O–H groups in total. The molecule has 0 fully saturated rings. The van der Waals surface area contributed by atoms with Gasteiger partial charge in [0.05, 0.1) is 6.42 Å². The molecule has 2 atom stereocenters. The molecule has 0 aliphatic carbocycles. The molecule has 68 valence electrons. The molecule has 0 aliphatic heterocycles. The van der Waals surface area contributed by atoms with Crippen molar-refractivity contribution in [2.24, 2.45) is 11.7 Å². The molecule has 0 bridgehead atoms. The molecular weight excluding hydrogens is 166 g/mol. The second-order valence-corrected chi connectivity index (χ2v) is 2.65. The Morgan fingerprint density at radius 1 is 1.64 bits per heavy atom. The van der Waals surface area contributed by atoms with Gasteiger partial charge in [0.25, 0.3) is 0 Å². The zero-order valence-corrected chi connectivity index (χ0v) is 7.73. The summed E-state index contributed by atoms with van der Waals surface area (Å²) in [6.07, 6.45) is 1.02. The number of rotatable bonds is 4. The van der Waals surface area contributed by atoms with Crippen LogP contribution in [0.2, 0.25) is 0 Å². The predicted octanol–water partition coefficient (Wildman–Crippen LogP) is 1.26. The highest BCUT2D eigenvalue weighted by atomic mass is 35.5. The van der Waals surface area contributed by atoms with E-state index in [0.29, 0.717) is 5.92 Å². The Kier molecular flexibility index (Phi) is 7.79. The van der Waals surface area contributed by atoms with Crippen molar-refractivity contribution in [3.8, 4) is 0 Å².